The topological polar surface area (TPSA) is 109 Å². The zero-order chi connectivity index (χ0) is 14.0. The Balaban J connectivity index is 1.92. The van der Waals surface area contributed by atoms with E-state index in [1.807, 2.05) is 0 Å². The quantitative estimate of drug-likeness (QED) is 0.491. The lowest BCUT2D eigenvalue weighted by Crippen LogP contribution is -2.53. The van der Waals surface area contributed by atoms with Gasteiger partial charge < -0.3 is 34.6 Å². The van der Waals surface area contributed by atoms with E-state index in [1.165, 1.54) is 0 Å². The molecule has 2 saturated heterocycles. The maximum absolute atomic E-state index is 9.88. The van der Waals surface area contributed by atoms with Gasteiger partial charge in [0.15, 0.2) is 6.29 Å². The first-order valence-corrected chi connectivity index (χ1v) is 6.49. The van der Waals surface area contributed by atoms with Gasteiger partial charge in [0.1, 0.15) is 12.2 Å². The van der Waals surface area contributed by atoms with Gasteiger partial charge in [-0.15, -0.1) is 0 Å². The van der Waals surface area contributed by atoms with Gasteiger partial charge in [0.25, 0.3) is 0 Å². The molecule has 2 heterocycles. The Hall–Kier alpha value is -0.280. The van der Waals surface area contributed by atoms with Crippen LogP contribution in [0.5, 0.6) is 0 Å². The van der Waals surface area contributed by atoms with Gasteiger partial charge in [0, 0.05) is 12.8 Å². The molecule has 2 rings (SSSR count). The van der Waals surface area contributed by atoms with Gasteiger partial charge in [-0.25, -0.2) is 0 Å². The first-order chi connectivity index (χ1) is 8.91. The maximum Gasteiger partial charge on any atom is 0.184 e. The lowest BCUT2D eigenvalue weighted by Gasteiger charge is -2.41. The van der Waals surface area contributed by atoms with Crippen LogP contribution in [-0.2, 0) is 14.2 Å². The molecule has 7 nitrogen and oxygen atoms in total. The standard InChI is InChI=1S/C12H22O7/c1-12(16)3-8(15)11(18-6-12)19-9-2-7(14)5-17-10(9)4-13/h7-11,13-16H,2-6H2,1H3/t7?,8?,9-,10?,11+,12+/m0/s1. The summed E-state index contributed by atoms with van der Waals surface area (Å²) >= 11 is 0. The fourth-order valence-electron chi connectivity index (χ4n) is 2.42. The zero-order valence-electron chi connectivity index (χ0n) is 10.9. The number of rotatable bonds is 3. The highest BCUT2D eigenvalue weighted by atomic mass is 16.7. The Morgan fingerprint density at radius 3 is 2.68 bits per heavy atom. The summed E-state index contributed by atoms with van der Waals surface area (Å²) in [7, 11) is 0. The average molecular weight is 278 g/mol. The van der Waals surface area contributed by atoms with Crippen LogP contribution in [0.15, 0.2) is 0 Å². The molecule has 0 aromatic rings. The van der Waals surface area contributed by atoms with Crippen LogP contribution in [-0.4, -0.2) is 76.6 Å². The lowest BCUT2D eigenvalue weighted by molar-refractivity contribution is -0.292. The summed E-state index contributed by atoms with van der Waals surface area (Å²) in [4.78, 5) is 0. The van der Waals surface area contributed by atoms with Gasteiger partial charge in [-0.3, -0.25) is 0 Å². The van der Waals surface area contributed by atoms with E-state index in [0.29, 0.717) is 6.42 Å². The molecule has 3 unspecified atom stereocenters. The Bertz CT molecular complexity index is 296. The smallest absolute Gasteiger partial charge is 0.184 e. The molecule has 0 aromatic carbocycles. The minimum absolute atomic E-state index is 0.0641. The second kappa shape index (κ2) is 6.01. The van der Waals surface area contributed by atoms with Gasteiger partial charge in [0.2, 0.25) is 0 Å². The van der Waals surface area contributed by atoms with Crippen LogP contribution in [0.4, 0.5) is 0 Å². The second-order valence-corrected chi connectivity index (χ2v) is 5.57. The fourth-order valence-corrected chi connectivity index (χ4v) is 2.42. The molecule has 0 aromatic heterocycles. The number of aliphatic hydroxyl groups excluding tert-OH is 3. The van der Waals surface area contributed by atoms with E-state index in [1.54, 1.807) is 6.92 Å². The van der Waals surface area contributed by atoms with Gasteiger partial charge in [-0.1, -0.05) is 0 Å². The third-order valence-electron chi connectivity index (χ3n) is 3.43. The van der Waals surface area contributed by atoms with Crippen molar-refractivity contribution in [3.05, 3.63) is 0 Å². The number of aliphatic hydroxyl groups is 4. The first-order valence-electron chi connectivity index (χ1n) is 6.49. The van der Waals surface area contributed by atoms with Gasteiger partial charge in [-0.2, -0.15) is 0 Å². The summed E-state index contributed by atoms with van der Waals surface area (Å²) in [6, 6.07) is 0. The molecule has 0 radical (unpaired) electrons. The van der Waals surface area contributed by atoms with Crippen LogP contribution in [0.1, 0.15) is 19.8 Å². The number of ether oxygens (including phenoxy) is 3. The van der Waals surface area contributed by atoms with Crippen molar-refractivity contribution in [2.45, 2.75) is 56.1 Å². The Labute approximate surface area is 111 Å². The highest BCUT2D eigenvalue weighted by Crippen LogP contribution is 2.27. The van der Waals surface area contributed by atoms with Crippen LogP contribution in [0, 0.1) is 0 Å². The van der Waals surface area contributed by atoms with Crippen molar-refractivity contribution in [2.75, 3.05) is 19.8 Å². The Kier molecular flexibility index (Phi) is 4.78. The number of hydrogen-bond donors (Lipinski definition) is 4. The van der Waals surface area contributed by atoms with E-state index in [-0.39, 0.29) is 26.2 Å². The summed E-state index contributed by atoms with van der Waals surface area (Å²) < 4.78 is 16.1. The molecule has 19 heavy (non-hydrogen) atoms. The molecule has 0 bridgehead atoms. The first kappa shape index (κ1) is 15.1. The summed E-state index contributed by atoms with van der Waals surface area (Å²) in [5.41, 5.74) is -1.07. The average Bonchev–Trinajstić information content (AvgIpc) is 2.32. The van der Waals surface area contributed by atoms with E-state index in [4.69, 9.17) is 14.2 Å². The van der Waals surface area contributed by atoms with E-state index in [0.717, 1.165) is 0 Å². The minimum Gasteiger partial charge on any atom is -0.394 e. The van der Waals surface area contributed by atoms with E-state index < -0.39 is 36.3 Å². The minimum atomic E-state index is -1.07. The van der Waals surface area contributed by atoms with Crippen LogP contribution >= 0.6 is 0 Å². The third-order valence-corrected chi connectivity index (χ3v) is 3.43. The van der Waals surface area contributed by atoms with Crippen LogP contribution < -0.4 is 0 Å². The predicted molar refractivity (Wildman–Crippen MR) is 63.3 cm³/mol. The van der Waals surface area contributed by atoms with Crippen molar-refractivity contribution < 1.29 is 34.6 Å². The van der Waals surface area contributed by atoms with Crippen LogP contribution in [0.3, 0.4) is 0 Å². The van der Waals surface area contributed by atoms with Crippen molar-refractivity contribution in [1.29, 1.82) is 0 Å². The summed E-state index contributed by atoms with van der Waals surface area (Å²) in [6.07, 6.45) is -3.11. The van der Waals surface area contributed by atoms with Gasteiger partial charge in [-0.05, 0) is 6.92 Å². The molecule has 2 fully saturated rings. The van der Waals surface area contributed by atoms with Gasteiger partial charge in [0.05, 0.1) is 37.6 Å². The molecule has 0 saturated carbocycles. The number of hydrogen-bond acceptors (Lipinski definition) is 7. The van der Waals surface area contributed by atoms with Crippen molar-refractivity contribution in [3.8, 4) is 0 Å². The summed E-state index contributed by atoms with van der Waals surface area (Å²) in [5.74, 6) is 0. The van der Waals surface area contributed by atoms with Crippen molar-refractivity contribution >= 4 is 0 Å². The summed E-state index contributed by atoms with van der Waals surface area (Å²) in [6.45, 7) is 1.58. The SMILES string of the molecule is C[C@]1(O)CO[C@H](O[C@H]2CC(O)COC2CO)C(O)C1. The highest BCUT2D eigenvalue weighted by molar-refractivity contribution is 4.85. The molecule has 0 amide bonds. The van der Waals surface area contributed by atoms with Crippen molar-refractivity contribution in [2.24, 2.45) is 0 Å². The van der Waals surface area contributed by atoms with E-state index in [2.05, 4.69) is 0 Å². The van der Waals surface area contributed by atoms with Gasteiger partial charge >= 0.3 is 0 Å². The lowest BCUT2D eigenvalue weighted by atomic mass is 9.96. The maximum atomic E-state index is 9.88. The largest absolute Gasteiger partial charge is 0.394 e. The molecule has 6 atom stereocenters. The van der Waals surface area contributed by atoms with Crippen molar-refractivity contribution in [1.82, 2.24) is 0 Å². The predicted octanol–water partition coefficient (Wildman–Crippen LogP) is -1.63. The fraction of sp³-hybridized carbons (Fsp3) is 1.00. The second-order valence-electron chi connectivity index (χ2n) is 5.57. The molecule has 2 aliphatic heterocycles. The zero-order valence-corrected chi connectivity index (χ0v) is 10.9. The summed E-state index contributed by atoms with van der Waals surface area (Å²) in [5, 5.41) is 38.4. The monoisotopic (exact) mass is 278 g/mol. The van der Waals surface area contributed by atoms with E-state index in [9.17, 15) is 20.4 Å². The molecule has 7 heteroatoms. The molecule has 4 N–H and O–H groups in total. The Morgan fingerprint density at radius 1 is 1.32 bits per heavy atom. The highest BCUT2D eigenvalue weighted by Gasteiger charge is 2.40. The van der Waals surface area contributed by atoms with Crippen molar-refractivity contribution in [3.63, 3.8) is 0 Å². The van der Waals surface area contributed by atoms with Crippen LogP contribution in [0.25, 0.3) is 0 Å². The molecule has 0 aliphatic carbocycles. The van der Waals surface area contributed by atoms with E-state index >= 15 is 0 Å². The third kappa shape index (κ3) is 3.85. The molecule has 0 spiro atoms. The molecular formula is C12H22O7. The normalized spacial score (nSPS) is 48.2. The molecule has 2 aliphatic rings. The molecular weight excluding hydrogens is 256 g/mol. The Morgan fingerprint density at radius 2 is 2.05 bits per heavy atom. The molecule has 112 valence electrons. The van der Waals surface area contributed by atoms with Crippen LogP contribution in [0.2, 0.25) is 0 Å².